The number of nitrogens with zero attached hydrogens (tertiary/aromatic N) is 1. The summed E-state index contributed by atoms with van der Waals surface area (Å²) in [5, 5.41) is 0. The molecule has 0 radical (unpaired) electrons. The highest BCUT2D eigenvalue weighted by atomic mass is 79.9. The maximum atomic E-state index is 5.33. The smallest absolute Gasteiger partial charge is 0.369 e. The molecule has 4 heteroatoms. The van der Waals surface area contributed by atoms with Gasteiger partial charge >= 0.3 is 5.88 Å². The second-order valence-corrected chi connectivity index (χ2v) is 3.25. The van der Waals surface area contributed by atoms with E-state index in [-0.39, 0.29) is 17.0 Å². The van der Waals surface area contributed by atoms with E-state index in [1.54, 1.807) is 0 Å². The van der Waals surface area contributed by atoms with Crippen molar-refractivity contribution in [3.63, 3.8) is 0 Å². The van der Waals surface area contributed by atoms with E-state index < -0.39 is 0 Å². The topological polar surface area (TPSA) is 13.1 Å². The van der Waals surface area contributed by atoms with Crippen LogP contribution < -0.4 is 26.3 Å². The SMILES string of the molecule is BrC1COc2cccc[n+]21.[Br-]. The highest BCUT2D eigenvalue weighted by Gasteiger charge is 2.28. The van der Waals surface area contributed by atoms with Crippen LogP contribution in [-0.2, 0) is 0 Å². The molecule has 11 heavy (non-hydrogen) atoms. The van der Waals surface area contributed by atoms with Crippen molar-refractivity contribution in [1.82, 2.24) is 0 Å². The van der Waals surface area contributed by atoms with Crippen LogP contribution >= 0.6 is 15.9 Å². The zero-order chi connectivity index (χ0) is 6.97. The first-order chi connectivity index (χ1) is 4.88. The minimum absolute atomic E-state index is 0. The van der Waals surface area contributed by atoms with Gasteiger partial charge in [-0.15, -0.1) is 0 Å². The van der Waals surface area contributed by atoms with E-state index in [1.165, 1.54) is 0 Å². The van der Waals surface area contributed by atoms with Gasteiger partial charge in [-0.3, -0.25) is 0 Å². The Bertz CT molecular complexity index is 254. The molecule has 0 bridgehead atoms. The Hall–Kier alpha value is -0.0900. The number of aromatic nitrogens is 1. The monoisotopic (exact) mass is 279 g/mol. The molecule has 2 nitrogen and oxygen atoms in total. The van der Waals surface area contributed by atoms with Crippen LogP contribution in [0, 0.1) is 0 Å². The van der Waals surface area contributed by atoms with Gasteiger partial charge in [-0.25, -0.2) is 0 Å². The van der Waals surface area contributed by atoms with Crippen LogP contribution in [0.3, 0.4) is 0 Å². The van der Waals surface area contributed by atoms with Gasteiger partial charge in [-0.1, -0.05) is 0 Å². The molecule has 1 atom stereocenters. The molecular formula is C7H7Br2NO. The van der Waals surface area contributed by atoms with Crippen LogP contribution in [0.5, 0.6) is 5.88 Å². The van der Waals surface area contributed by atoms with Gasteiger partial charge in [0.05, 0.1) is 6.07 Å². The van der Waals surface area contributed by atoms with Gasteiger partial charge in [-0.2, -0.15) is 4.57 Å². The average molecular weight is 281 g/mol. The zero-order valence-electron chi connectivity index (χ0n) is 5.71. The van der Waals surface area contributed by atoms with E-state index in [0.29, 0.717) is 4.95 Å². The van der Waals surface area contributed by atoms with Crippen LogP contribution in [0.4, 0.5) is 0 Å². The van der Waals surface area contributed by atoms with Crippen molar-refractivity contribution in [2.75, 3.05) is 6.61 Å². The van der Waals surface area contributed by atoms with Crippen molar-refractivity contribution in [3.05, 3.63) is 24.4 Å². The molecule has 1 aliphatic rings. The van der Waals surface area contributed by atoms with Crippen LogP contribution in [0.25, 0.3) is 0 Å². The number of hydrogen-bond donors (Lipinski definition) is 0. The Morgan fingerprint density at radius 2 is 2.36 bits per heavy atom. The fourth-order valence-corrected chi connectivity index (χ4v) is 1.50. The first kappa shape index (κ1) is 9.00. The van der Waals surface area contributed by atoms with Crippen LogP contribution in [0.1, 0.15) is 4.95 Å². The van der Waals surface area contributed by atoms with E-state index >= 15 is 0 Å². The van der Waals surface area contributed by atoms with Crippen molar-refractivity contribution in [2.24, 2.45) is 0 Å². The van der Waals surface area contributed by atoms with E-state index in [9.17, 15) is 0 Å². The molecule has 0 spiro atoms. The minimum atomic E-state index is 0. The second kappa shape index (κ2) is 3.54. The Kier molecular flexibility index (Phi) is 2.90. The number of halogens is 2. The third-order valence-corrected chi connectivity index (χ3v) is 2.23. The Morgan fingerprint density at radius 3 is 3.09 bits per heavy atom. The van der Waals surface area contributed by atoms with Crippen molar-refractivity contribution >= 4 is 15.9 Å². The van der Waals surface area contributed by atoms with Crippen molar-refractivity contribution in [1.29, 1.82) is 0 Å². The first-order valence-electron chi connectivity index (χ1n) is 3.15. The van der Waals surface area contributed by atoms with Crippen molar-refractivity contribution in [2.45, 2.75) is 4.95 Å². The van der Waals surface area contributed by atoms with Gasteiger partial charge in [-0.05, 0) is 22.0 Å². The fraction of sp³-hybridized carbons (Fsp3) is 0.286. The van der Waals surface area contributed by atoms with Crippen molar-refractivity contribution < 1.29 is 26.3 Å². The lowest BCUT2D eigenvalue weighted by Crippen LogP contribution is -3.00. The summed E-state index contributed by atoms with van der Waals surface area (Å²) in [5.41, 5.74) is 0. The number of alkyl halides is 1. The minimum Gasteiger partial charge on any atom is -1.00 e. The van der Waals surface area contributed by atoms with E-state index in [0.717, 1.165) is 12.5 Å². The summed E-state index contributed by atoms with van der Waals surface area (Å²) in [6.45, 7) is 0.726. The predicted molar refractivity (Wildman–Crippen MR) is 40.1 cm³/mol. The van der Waals surface area contributed by atoms with Gasteiger partial charge in [0.1, 0.15) is 0 Å². The lowest BCUT2D eigenvalue weighted by molar-refractivity contribution is -0.680. The Balaban J connectivity index is 0.000000605. The number of ether oxygens (including phenoxy) is 1. The van der Waals surface area contributed by atoms with Crippen molar-refractivity contribution in [3.8, 4) is 5.88 Å². The fourth-order valence-electron chi connectivity index (χ4n) is 1.03. The van der Waals surface area contributed by atoms with Crippen LogP contribution in [0.2, 0.25) is 0 Å². The quantitative estimate of drug-likeness (QED) is 0.407. The second-order valence-electron chi connectivity index (χ2n) is 2.19. The van der Waals surface area contributed by atoms with Gasteiger partial charge in [0.2, 0.25) is 4.95 Å². The van der Waals surface area contributed by atoms with Gasteiger partial charge in [0.25, 0.3) is 0 Å². The van der Waals surface area contributed by atoms with Gasteiger partial charge < -0.3 is 21.7 Å². The highest BCUT2D eigenvalue weighted by Crippen LogP contribution is 2.19. The van der Waals surface area contributed by atoms with Crippen LogP contribution in [0.15, 0.2) is 24.4 Å². The molecule has 2 rings (SSSR count). The molecule has 0 N–H and O–H groups in total. The zero-order valence-corrected chi connectivity index (χ0v) is 8.88. The van der Waals surface area contributed by atoms with E-state index in [1.807, 2.05) is 24.4 Å². The standard InChI is InChI=1S/C7H7BrNO.BrH/c8-6-5-10-7-3-1-2-4-9(6)7;/h1-4,6H,5H2;1H/q+1;/p-1. The normalized spacial score (nSPS) is 19.9. The Morgan fingerprint density at radius 1 is 1.55 bits per heavy atom. The third kappa shape index (κ3) is 1.56. The molecule has 1 aromatic rings. The lowest BCUT2D eigenvalue weighted by atomic mass is 10.5. The molecule has 60 valence electrons. The number of rotatable bonds is 0. The number of pyridine rings is 1. The maximum absolute atomic E-state index is 5.33. The number of hydrogen-bond acceptors (Lipinski definition) is 1. The summed E-state index contributed by atoms with van der Waals surface area (Å²) in [6, 6.07) is 5.92. The predicted octanol–water partition coefficient (Wildman–Crippen LogP) is -1.74. The van der Waals surface area contributed by atoms with Gasteiger partial charge in [0, 0.05) is 6.07 Å². The van der Waals surface area contributed by atoms with Gasteiger partial charge in [0.15, 0.2) is 12.8 Å². The molecule has 0 fully saturated rings. The summed E-state index contributed by atoms with van der Waals surface area (Å²) in [7, 11) is 0. The molecule has 0 aromatic carbocycles. The maximum Gasteiger partial charge on any atom is 0.369 e. The third-order valence-electron chi connectivity index (χ3n) is 1.52. The summed E-state index contributed by atoms with van der Waals surface area (Å²) < 4.78 is 7.38. The number of fused-ring (bicyclic) bond motifs is 1. The molecule has 1 aliphatic heterocycles. The Labute approximate surface area is 84.1 Å². The first-order valence-corrected chi connectivity index (χ1v) is 4.06. The molecule has 0 saturated heterocycles. The summed E-state index contributed by atoms with van der Waals surface area (Å²) in [6.07, 6.45) is 2.00. The molecule has 0 aliphatic carbocycles. The molecule has 0 amide bonds. The average Bonchev–Trinajstić information content (AvgIpc) is 2.34. The molecule has 2 heterocycles. The summed E-state index contributed by atoms with van der Waals surface area (Å²) >= 11 is 3.47. The lowest BCUT2D eigenvalue weighted by Gasteiger charge is -1.89. The molecule has 1 aromatic heterocycles. The molecule has 0 saturated carbocycles. The summed E-state index contributed by atoms with van der Waals surface area (Å²) in [5.74, 6) is 0.935. The largest absolute Gasteiger partial charge is 1.00 e. The van der Waals surface area contributed by atoms with Crippen LogP contribution in [-0.4, -0.2) is 6.61 Å². The molecular weight excluding hydrogens is 274 g/mol. The van der Waals surface area contributed by atoms with E-state index in [4.69, 9.17) is 4.74 Å². The highest BCUT2D eigenvalue weighted by molar-refractivity contribution is 9.09. The summed E-state index contributed by atoms with van der Waals surface area (Å²) in [4.78, 5) is 0.309. The molecule has 1 unspecified atom stereocenters. The van der Waals surface area contributed by atoms with E-state index in [2.05, 4.69) is 20.5 Å².